The van der Waals surface area contributed by atoms with E-state index in [1.54, 1.807) is 11.3 Å². The smallest absolute Gasteiger partial charge is 0.195 e. The zero-order valence-corrected chi connectivity index (χ0v) is 13.0. The Morgan fingerprint density at radius 1 is 1.45 bits per heavy atom. The quantitative estimate of drug-likeness (QED) is 0.921. The van der Waals surface area contributed by atoms with Gasteiger partial charge in [0.1, 0.15) is 0 Å². The fraction of sp³-hybridized carbons (Fsp3) is 0.667. The fourth-order valence-electron chi connectivity index (χ4n) is 3.33. The van der Waals surface area contributed by atoms with E-state index in [2.05, 4.69) is 27.8 Å². The Balaban J connectivity index is 1.98. The Hall–Kier alpha value is -1.07. The first-order valence-electron chi connectivity index (χ1n) is 7.76. The minimum Gasteiger partial charge on any atom is -0.352 e. The predicted octanol–water partition coefficient (Wildman–Crippen LogP) is 3.06. The van der Waals surface area contributed by atoms with E-state index in [0.29, 0.717) is 12.6 Å². The minimum atomic E-state index is 0.662. The Morgan fingerprint density at radius 3 is 3.15 bits per heavy atom. The maximum Gasteiger partial charge on any atom is 0.195 e. The van der Waals surface area contributed by atoms with Crippen molar-refractivity contribution in [1.82, 2.24) is 9.38 Å². The molecule has 3 rings (SSSR count). The van der Waals surface area contributed by atoms with Gasteiger partial charge in [0, 0.05) is 30.6 Å². The van der Waals surface area contributed by atoms with Gasteiger partial charge in [-0.05, 0) is 32.2 Å². The molecule has 1 atom stereocenters. The Kier molecular flexibility index (Phi) is 4.27. The van der Waals surface area contributed by atoms with Gasteiger partial charge in [-0.1, -0.05) is 13.3 Å². The molecule has 3 heterocycles. The highest BCUT2D eigenvalue weighted by molar-refractivity contribution is 7.15. The summed E-state index contributed by atoms with van der Waals surface area (Å²) in [5, 5.41) is 2.10. The van der Waals surface area contributed by atoms with E-state index >= 15 is 0 Å². The summed E-state index contributed by atoms with van der Waals surface area (Å²) >= 11 is 1.71. The normalized spacial score (nSPS) is 19.9. The summed E-state index contributed by atoms with van der Waals surface area (Å²) in [7, 11) is 0. The molecule has 1 fully saturated rings. The maximum atomic E-state index is 5.82. The van der Waals surface area contributed by atoms with Gasteiger partial charge in [0.25, 0.3) is 0 Å². The molecule has 20 heavy (non-hydrogen) atoms. The molecule has 0 saturated carbocycles. The molecule has 1 saturated heterocycles. The number of aromatic nitrogens is 2. The molecule has 1 unspecified atom stereocenters. The predicted molar refractivity (Wildman–Crippen MR) is 85.7 cm³/mol. The van der Waals surface area contributed by atoms with E-state index < -0.39 is 0 Å². The highest BCUT2D eigenvalue weighted by Gasteiger charge is 2.26. The van der Waals surface area contributed by atoms with Crippen molar-refractivity contribution in [3.8, 4) is 0 Å². The lowest BCUT2D eigenvalue weighted by Gasteiger charge is -2.36. The number of thiazole rings is 1. The number of nitrogens with two attached hydrogens (primary N) is 1. The third kappa shape index (κ3) is 2.44. The Labute approximate surface area is 124 Å². The maximum absolute atomic E-state index is 5.82. The number of hydrogen-bond donors (Lipinski definition) is 1. The highest BCUT2D eigenvalue weighted by Crippen LogP contribution is 2.31. The number of anilines is 1. The van der Waals surface area contributed by atoms with Crippen molar-refractivity contribution in [1.29, 1.82) is 0 Å². The van der Waals surface area contributed by atoms with E-state index in [1.807, 2.05) is 0 Å². The van der Waals surface area contributed by atoms with Crippen LogP contribution in [0.15, 0.2) is 11.6 Å². The fourth-order valence-corrected chi connectivity index (χ4v) is 4.06. The van der Waals surface area contributed by atoms with E-state index in [0.717, 1.165) is 17.9 Å². The zero-order valence-electron chi connectivity index (χ0n) is 12.2. The Morgan fingerprint density at radius 2 is 2.35 bits per heavy atom. The van der Waals surface area contributed by atoms with Crippen LogP contribution in [0, 0.1) is 0 Å². The van der Waals surface area contributed by atoms with Crippen LogP contribution in [-0.4, -0.2) is 28.5 Å². The van der Waals surface area contributed by atoms with Gasteiger partial charge in [0.05, 0.1) is 5.69 Å². The van der Waals surface area contributed by atoms with Gasteiger partial charge in [-0.25, -0.2) is 4.98 Å². The van der Waals surface area contributed by atoms with Crippen molar-refractivity contribution in [2.24, 2.45) is 5.73 Å². The van der Waals surface area contributed by atoms with E-state index in [4.69, 9.17) is 10.7 Å². The van der Waals surface area contributed by atoms with Gasteiger partial charge >= 0.3 is 0 Å². The van der Waals surface area contributed by atoms with Crippen molar-refractivity contribution < 1.29 is 0 Å². The molecule has 2 aromatic heterocycles. The molecule has 110 valence electrons. The monoisotopic (exact) mass is 292 g/mol. The minimum absolute atomic E-state index is 0.662. The molecule has 0 radical (unpaired) electrons. The van der Waals surface area contributed by atoms with Gasteiger partial charge < -0.3 is 10.6 Å². The van der Waals surface area contributed by atoms with Crippen molar-refractivity contribution in [3.63, 3.8) is 0 Å². The van der Waals surface area contributed by atoms with Gasteiger partial charge in [-0.2, -0.15) is 0 Å². The number of piperidine rings is 1. The molecule has 4 nitrogen and oxygen atoms in total. The van der Waals surface area contributed by atoms with Gasteiger partial charge in [0.15, 0.2) is 10.8 Å². The van der Waals surface area contributed by atoms with Crippen molar-refractivity contribution in [2.45, 2.75) is 51.5 Å². The largest absolute Gasteiger partial charge is 0.352 e. The summed E-state index contributed by atoms with van der Waals surface area (Å²) in [6.45, 7) is 4.11. The van der Waals surface area contributed by atoms with Gasteiger partial charge in [0.2, 0.25) is 0 Å². The second-order valence-electron chi connectivity index (χ2n) is 5.61. The van der Waals surface area contributed by atoms with Gasteiger partial charge in [-0.3, -0.25) is 4.40 Å². The summed E-state index contributed by atoms with van der Waals surface area (Å²) in [5.74, 6) is 1.19. The molecule has 2 aromatic rings. The number of imidazole rings is 1. The standard InChI is InChI=1S/C15H24N4S/c1-2-5-12-6-3-4-9-18(12)14-13(7-8-16)19-10-11-20-15(19)17-14/h10-12H,2-9,16H2,1H3. The lowest BCUT2D eigenvalue weighted by molar-refractivity contribution is 0.431. The summed E-state index contributed by atoms with van der Waals surface area (Å²) in [6, 6.07) is 0.662. The number of nitrogens with zero attached hydrogens (tertiary/aromatic N) is 3. The van der Waals surface area contributed by atoms with Crippen LogP contribution in [0.3, 0.4) is 0 Å². The number of rotatable bonds is 5. The summed E-state index contributed by atoms with van der Waals surface area (Å²) in [4.78, 5) is 8.55. The summed E-state index contributed by atoms with van der Waals surface area (Å²) < 4.78 is 2.23. The molecule has 2 N–H and O–H groups in total. The lowest BCUT2D eigenvalue weighted by Crippen LogP contribution is -2.40. The van der Waals surface area contributed by atoms with Crippen LogP contribution in [0.1, 0.15) is 44.7 Å². The average molecular weight is 292 g/mol. The molecular formula is C15H24N4S. The van der Waals surface area contributed by atoms with Crippen molar-refractivity contribution in [2.75, 3.05) is 18.0 Å². The molecule has 0 spiro atoms. The molecule has 0 aliphatic carbocycles. The topological polar surface area (TPSA) is 46.6 Å². The first-order valence-corrected chi connectivity index (χ1v) is 8.64. The first-order chi connectivity index (χ1) is 9.85. The van der Waals surface area contributed by atoms with Crippen LogP contribution >= 0.6 is 11.3 Å². The average Bonchev–Trinajstić information content (AvgIpc) is 3.03. The van der Waals surface area contributed by atoms with E-state index in [1.165, 1.54) is 43.6 Å². The van der Waals surface area contributed by atoms with Crippen LogP contribution in [0.5, 0.6) is 0 Å². The van der Waals surface area contributed by atoms with Crippen molar-refractivity contribution >= 4 is 22.1 Å². The molecule has 1 aliphatic heterocycles. The van der Waals surface area contributed by atoms with Crippen LogP contribution in [0.4, 0.5) is 5.82 Å². The molecule has 0 amide bonds. The third-order valence-corrected chi connectivity index (χ3v) is 5.00. The highest BCUT2D eigenvalue weighted by atomic mass is 32.1. The third-order valence-electron chi connectivity index (χ3n) is 4.24. The Bertz CT molecular complexity index is 557. The van der Waals surface area contributed by atoms with E-state index in [-0.39, 0.29) is 0 Å². The molecule has 0 bridgehead atoms. The van der Waals surface area contributed by atoms with E-state index in [9.17, 15) is 0 Å². The zero-order chi connectivity index (χ0) is 13.9. The second kappa shape index (κ2) is 6.14. The second-order valence-corrected chi connectivity index (χ2v) is 6.48. The lowest BCUT2D eigenvalue weighted by atomic mass is 9.98. The van der Waals surface area contributed by atoms with Crippen LogP contribution in [0.2, 0.25) is 0 Å². The summed E-state index contributed by atoms with van der Waals surface area (Å²) in [5.41, 5.74) is 7.11. The number of hydrogen-bond acceptors (Lipinski definition) is 4. The molecule has 5 heteroatoms. The SMILES string of the molecule is CCCC1CCCCN1c1nc2sccn2c1CCN. The van der Waals surface area contributed by atoms with Crippen LogP contribution < -0.4 is 10.6 Å². The van der Waals surface area contributed by atoms with Crippen LogP contribution in [0.25, 0.3) is 4.96 Å². The number of fused-ring (bicyclic) bond motifs is 1. The summed E-state index contributed by atoms with van der Waals surface area (Å²) in [6.07, 6.45) is 9.50. The van der Waals surface area contributed by atoms with Gasteiger partial charge in [-0.15, -0.1) is 11.3 Å². The van der Waals surface area contributed by atoms with Crippen LogP contribution in [-0.2, 0) is 6.42 Å². The molecule has 0 aromatic carbocycles. The van der Waals surface area contributed by atoms with Crippen molar-refractivity contribution in [3.05, 3.63) is 17.3 Å². The first kappa shape index (κ1) is 13.9. The molecule has 1 aliphatic rings. The molecular weight excluding hydrogens is 268 g/mol.